The van der Waals surface area contributed by atoms with Crippen molar-refractivity contribution in [2.45, 2.75) is 13.1 Å². The third kappa shape index (κ3) is 4.59. The first-order valence-electron chi connectivity index (χ1n) is 7.79. The molecule has 138 valence electrons. The van der Waals surface area contributed by atoms with Gasteiger partial charge in [-0.05, 0) is 42.3 Å². The van der Waals surface area contributed by atoms with E-state index in [-0.39, 0.29) is 12.0 Å². The highest BCUT2D eigenvalue weighted by atomic mass is 32.1. The van der Waals surface area contributed by atoms with Crippen molar-refractivity contribution >= 4 is 45.5 Å². The molecule has 8 heteroatoms. The number of alkyl halides is 3. The highest BCUT2D eigenvalue weighted by Gasteiger charge is 2.21. The third-order valence-electron chi connectivity index (χ3n) is 3.72. The summed E-state index contributed by atoms with van der Waals surface area (Å²) in [6.07, 6.45) is -2.61. The first-order chi connectivity index (χ1) is 12.7. The molecule has 4 nitrogen and oxygen atoms in total. The summed E-state index contributed by atoms with van der Waals surface area (Å²) in [5.41, 5.74) is 2.37. The SMILES string of the molecule is Cc1cc(C=CC(F)(F)F)ccc1C(=O)Nc1ccc2sc(C=O)nc2c1. The number of hydrogen-bond donors (Lipinski definition) is 1. The van der Waals surface area contributed by atoms with Crippen LogP contribution in [0.15, 0.2) is 42.5 Å². The molecule has 0 aliphatic carbocycles. The largest absolute Gasteiger partial charge is 0.409 e. The number of nitrogens with one attached hydrogen (secondary N) is 1. The van der Waals surface area contributed by atoms with E-state index in [1.807, 2.05) is 0 Å². The number of anilines is 1. The van der Waals surface area contributed by atoms with E-state index < -0.39 is 6.18 Å². The van der Waals surface area contributed by atoms with Gasteiger partial charge in [0.1, 0.15) is 0 Å². The molecule has 0 spiro atoms. The fourth-order valence-electron chi connectivity index (χ4n) is 2.51. The Morgan fingerprint density at radius 3 is 2.63 bits per heavy atom. The normalized spacial score (nSPS) is 11.9. The fourth-order valence-corrected chi connectivity index (χ4v) is 3.27. The lowest BCUT2D eigenvalue weighted by atomic mass is 10.0. The minimum Gasteiger partial charge on any atom is -0.322 e. The second kappa shape index (κ2) is 7.32. The summed E-state index contributed by atoms with van der Waals surface area (Å²) in [6, 6.07) is 9.55. The molecule has 0 unspecified atom stereocenters. The zero-order chi connectivity index (χ0) is 19.6. The lowest BCUT2D eigenvalue weighted by Gasteiger charge is -2.09. The lowest BCUT2D eigenvalue weighted by molar-refractivity contribution is -0.0790. The Kier molecular flexibility index (Phi) is 5.09. The number of carbonyl (C=O) groups excluding carboxylic acids is 2. The number of amides is 1. The molecule has 1 heterocycles. The highest BCUT2D eigenvalue weighted by Crippen LogP contribution is 2.25. The van der Waals surface area contributed by atoms with Crippen LogP contribution in [-0.4, -0.2) is 23.4 Å². The standard InChI is InChI=1S/C19H13F3N2O2S/c1-11-8-12(6-7-19(20,21)22)2-4-14(11)18(26)23-13-3-5-16-15(9-13)24-17(10-25)27-16/h2-10H,1H3,(H,23,26). The van der Waals surface area contributed by atoms with Crippen LogP contribution in [0.2, 0.25) is 0 Å². The molecule has 3 rings (SSSR count). The van der Waals surface area contributed by atoms with Gasteiger partial charge in [-0.3, -0.25) is 9.59 Å². The molecule has 0 aliphatic heterocycles. The number of fused-ring (bicyclic) bond motifs is 1. The van der Waals surface area contributed by atoms with Crippen LogP contribution in [0.4, 0.5) is 18.9 Å². The van der Waals surface area contributed by atoms with Crippen molar-refractivity contribution < 1.29 is 22.8 Å². The summed E-state index contributed by atoms with van der Waals surface area (Å²) in [7, 11) is 0. The van der Waals surface area contributed by atoms with Gasteiger partial charge in [0.2, 0.25) is 0 Å². The maximum atomic E-state index is 12.5. The first kappa shape index (κ1) is 18.8. The average molecular weight is 390 g/mol. The smallest absolute Gasteiger partial charge is 0.322 e. The van der Waals surface area contributed by atoms with Crippen LogP contribution in [0.5, 0.6) is 0 Å². The van der Waals surface area contributed by atoms with E-state index in [9.17, 15) is 22.8 Å². The van der Waals surface area contributed by atoms with Crippen molar-refractivity contribution in [3.8, 4) is 0 Å². The Hall–Kier alpha value is -3.00. The summed E-state index contributed by atoms with van der Waals surface area (Å²) in [5.74, 6) is -0.385. The molecule has 1 N–H and O–H groups in total. The molecule has 1 aromatic heterocycles. The minimum absolute atomic E-state index is 0.151. The van der Waals surface area contributed by atoms with E-state index in [1.54, 1.807) is 25.1 Å². The lowest BCUT2D eigenvalue weighted by Crippen LogP contribution is -2.13. The topological polar surface area (TPSA) is 59.1 Å². The first-order valence-corrected chi connectivity index (χ1v) is 8.60. The molecule has 0 fully saturated rings. The summed E-state index contributed by atoms with van der Waals surface area (Å²) in [5, 5.41) is 3.09. The van der Waals surface area contributed by atoms with Crippen molar-refractivity contribution in [3.63, 3.8) is 0 Å². The van der Waals surface area contributed by atoms with Gasteiger partial charge in [0.15, 0.2) is 11.3 Å². The van der Waals surface area contributed by atoms with E-state index in [1.165, 1.54) is 29.5 Å². The van der Waals surface area contributed by atoms with Gasteiger partial charge in [-0.15, -0.1) is 11.3 Å². The number of thiazole rings is 1. The summed E-state index contributed by atoms with van der Waals surface area (Å²) in [4.78, 5) is 27.4. The van der Waals surface area contributed by atoms with E-state index in [2.05, 4.69) is 10.3 Å². The van der Waals surface area contributed by atoms with Crippen molar-refractivity contribution in [3.05, 3.63) is 64.2 Å². The maximum Gasteiger partial charge on any atom is 0.409 e. The van der Waals surface area contributed by atoms with Crippen LogP contribution in [0, 0.1) is 6.92 Å². The zero-order valence-electron chi connectivity index (χ0n) is 14.0. The molecule has 0 radical (unpaired) electrons. The predicted molar refractivity (Wildman–Crippen MR) is 99.2 cm³/mol. The zero-order valence-corrected chi connectivity index (χ0v) is 14.8. The number of allylic oxidation sites excluding steroid dienone is 1. The minimum atomic E-state index is -4.39. The Morgan fingerprint density at radius 2 is 1.96 bits per heavy atom. The molecule has 0 saturated heterocycles. The Labute approximate surface area is 156 Å². The monoisotopic (exact) mass is 390 g/mol. The number of aldehydes is 1. The third-order valence-corrected chi connectivity index (χ3v) is 4.68. The number of nitrogens with zero attached hydrogens (tertiary/aromatic N) is 1. The summed E-state index contributed by atoms with van der Waals surface area (Å²) >= 11 is 1.25. The van der Waals surface area contributed by atoms with Crippen LogP contribution in [0.1, 0.15) is 31.3 Å². The average Bonchev–Trinajstić information content (AvgIpc) is 3.01. The van der Waals surface area contributed by atoms with Crippen LogP contribution in [0.3, 0.4) is 0 Å². The van der Waals surface area contributed by atoms with Gasteiger partial charge < -0.3 is 5.32 Å². The molecule has 0 saturated carbocycles. The van der Waals surface area contributed by atoms with Gasteiger partial charge in [-0.1, -0.05) is 18.2 Å². The highest BCUT2D eigenvalue weighted by molar-refractivity contribution is 7.20. The molecule has 0 aliphatic rings. The van der Waals surface area contributed by atoms with E-state index in [4.69, 9.17) is 0 Å². The molecule has 2 aromatic carbocycles. The number of carbonyl (C=O) groups is 2. The van der Waals surface area contributed by atoms with Crippen molar-refractivity contribution in [2.75, 3.05) is 5.32 Å². The Balaban J connectivity index is 1.79. The van der Waals surface area contributed by atoms with E-state index in [0.717, 1.165) is 10.8 Å². The van der Waals surface area contributed by atoms with Gasteiger partial charge in [0.25, 0.3) is 5.91 Å². The molecule has 3 aromatic rings. The van der Waals surface area contributed by atoms with E-state index in [0.29, 0.717) is 39.2 Å². The van der Waals surface area contributed by atoms with Crippen LogP contribution >= 0.6 is 11.3 Å². The number of hydrogen-bond acceptors (Lipinski definition) is 4. The molecule has 27 heavy (non-hydrogen) atoms. The molecule has 0 atom stereocenters. The number of aryl methyl sites for hydroxylation is 1. The molecular weight excluding hydrogens is 377 g/mol. The number of rotatable bonds is 4. The van der Waals surface area contributed by atoms with Gasteiger partial charge in [-0.2, -0.15) is 13.2 Å². The Morgan fingerprint density at radius 1 is 1.19 bits per heavy atom. The van der Waals surface area contributed by atoms with Gasteiger partial charge >= 0.3 is 6.18 Å². The van der Waals surface area contributed by atoms with E-state index >= 15 is 0 Å². The second-order valence-corrected chi connectivity index (χ2v) is 6.82. The maximum absolute atomic E-state index is 12.5. The van der Waals surface area contributed by atoms with Gasteiger partial charge in [-0.25, -0.2) is 4.98 Å². The van der Waals surface area contributed by atoms with Crippen LogP contribution in [0.25, 0.3) is 16.3 Å². The quantitative estimate of drug-likeness (QED) is 0.620. The molecule has 1 amide bonds. The summed E-state index contributed by atoms with van der Waals surface area (Å²) in [6.45, 7) is 1.65. The van der Waals surface area contributed by atoms with Crippen LogP contribution < -0.4 is 5.32 Å². The number of benzene rings is 2. The predicted octanol–water partition coefficient (Wildman–Crippen LogP) is 5.25. The van der Waals surface area contributed by atoms with Crippen LogP contribution in [-0.2, 0) is 0 Å². The van der Waals surface area contributed by atoms with Crippen molar-refractivity contribution in [1.29, 1.82) is 0 Å². The number of halogens is 3. The van der Waals surface area contributed by atoms with Crippen molar-refractivity contribution in [2.24, 2.45) is 0 Å². The second-order valence-electron chi connectivity index (χ2n) is 5.76. The van der Waals surface area contributed by atoms with Gasteiger partial charge in [0.05, 0.1) is 10.2 Å². The number of aromatic nitrogens is 1. The molecule has 0 bridgehead atoms. The Bertz CT molecular complexity index is 1050. The summed E-state index contributed by atoms with van der Waals surface area (Å²) < 4.78 is 37.6. The van der Waals surface area contributed by atoms with Gasteiger partial charge in [0, 0.05) is 17.3 Å². The fraction of sp³-hybridized carbons (Fsp3) is 0.105. The van der Waals surface area contributed by atoms with Crippen molar-refractivity contribution in [1.82, 2.24) is 4.98 Å². The molecular formula is C19H13F3N2O2S.